The molecule has 2 rings (SSSR count). The molecule has 0 saturated carbocycles. The molecule has 0 radical (unpaired) electrons. The summed E-state index contributed by atoms with van der Waals surface area (Å²) in [6, 6.07) is -1.19. The number of methoxy groups -OCH3 is 1. The van der Waals surface area contributed by atoms with Gasteiger partial charge in [0.15, 0.2) is 0 Å². The lowest BCUT2D eigenvalue weighted by atomic mass is 10.2. The van der Waals surface area contributed by atoms with Crippen molar-refractivity contribution in [1.29, 1.82) is 0 Å². The van der Waals surface area contributed by atoms with E-state index in [9.17, 15) is 14.4 Å². The Kier molecular flexibility index (Phi) is 11.4. The topological polar surface area (TPSA) is 135 Å². The Bertz CT molecular complexity index is 818. The highest BCUT2D eigenvalue weighted by atomic mass is 32.1. The molecule has 0 aromatic carbocycles. The number of ether oxygens (including phenoxy) is 2. The molecule has 4 amide bonds. The Hall–Kier alpha value is -2.77. The summed E-state index contributed by atoms with van der Waals surface area (Å²) in [5.41, 5.74) is 3.37. The molecular weight excluding hydrogens is 456 g/mol. The quantitative estimate of drug-likeness (QED) is 0.367. The van der Waals surface area contributed by atoms with Crippen molar-refractivity contribution in [3.05, 3.63) is 33.2 Å². The second-order valence-electron chi connectivity index (χ2n) is 6.75. The summed E-state index contributed by atoms with van der Waals surface area (Å²) in [4.78, 5) is 47.6. The largest absolute Gasteiger partial charge is 0.444 e. The summed E-state index contributed by atoms with van der Waals surface area (Å²) in [5.74, 6) is -0.330. The molecule has 1 unspecified atom stereocenters. The number of hydrogen-bond acceptors (Lipinski definition) is 9. The zero-order chi connectivity index (χ0) is 23.2. The molecule has 11 nitrogen and oxygen atoms in total. The van der Waals surface area contributed by atoms with E-state index in [1.54, 1.807) is 30.5 Å². The Morgan fingerprint density at radius 1 is 1.06 bits per heavy atom. The van der Waals surface area contributed by atoms with Crippen molar-refractivity contribution >= 4 is 40.7 Å². The van der Waals surface area contributed by atoms with Gasteiger partial charge < -0.3 is 30.3 Å². The van der Waals surface area contributed by atoms with Crippen LogP contribution in [0.3, 0.4) is 0 Å². The summed E-state index contributed by atoms with van der Waals surface area (Å²) < 4.78 is 10.1. The highest BCUT2D eigenvalue weighted by molar-refractivity contribution is 7.09. The van der Waals surface area contributed by atoms with Gasteiger partial charge in [0.1, 0.15) is 12.6 Å². The number of alkyl carbamates (subject to hydrolysis) is 1. The van der Waals surface area contributed by atoms with Crippen LogP contribution in [0.1, 0.15) is 22.6 Å². The van der Waals surface area contributed by atoms with E-state index in [0.29, 0.717) is 32.5 Å². The SMILES string of the molecule is COCC(NC(=O)N(C)Cc1cncs1)C(=O)NCCCCNC(=O)OCc1cncs1. The fourth-order valence-corrected chi connectivity index (χ4v) is 3.66. The van der Waals surface area contributed by atoms with Crippen LogP contribution in [0.5, 0.6) is 0 Å². The summed E-state index contributed by atoms with van der Waals surface area (Å²) in [7, 11) is 3.11. The molecule has 2 heterocycles. The van der Waals surface area contributed by atoms with E-state index in [1.165, 1.54) is 34.7 Å². The van der Waals surface area contributed by atoms with Gasteiger partial charge in [0.05, 0.1) is 29.0 Å². The fourth-order valence-electron chi connectivity index (χ4n) is 2.51. The van der Waals surface area contributed by atoms with Crippen LogP contribution in [0.25, 0.3) is 0 Å². The standard InChI is InChI=1S/C19H28N6O5S2/c1-25(9-14-7-20-12-31-14)18(27)24-16(11-29-2)17(26)22-5-3-4-6-23-19(28)30-10-15-8-21-13-32-15/h7-8,12-13,16H,3-6,9-11H2,1-2H3,(H,22,26)(H,23,28)(H,24,27). The van der Waals surface area contributed by atoms with Gasteiger partial charge in [-0.2, -0.15) is 0 Å². The molecular formula is C19H28N6O5S2. The number of urea groups is 1. The normalized spacial score (nSPS) is 11.4. The van der Waals surface area contributed by atoms with E-state index in [-0.39, 0.29) is 25.2 Å². The monoisotopic (exact) mass is 484 g/mol. The number of hydrogen-bond donors (Lipinski definition) is 3. The average Bonchev–Trinajstić information content (AvgIpc) is 3.48. The Balaban J connectivity index is 1.60. The van der Waals surface area contributed by atoms with E-state index < -0.39 is 12.1 Å². The van der Waals surface area contributed by atoms with Gasteiger partial charge in [-0.05, 0) is 12.8 Å². The molecule has 176 valence electrons. The zero-order valence-corrected chi connectivity index (χ0v) is 19.7. The molecule has 0 fully saturated rings. The van der Waals surface area contributed by atoms with Crippen LogP contribution in [0.2, 0.25) is 0 Å². The molecule has 0 aliphatic rings. The molecule has 32 heavy (non-hydrogen) atoms. The highest BCUT2D eigenvalue weighted by Crippen LogP contribution is 2.08. The minimum Gasteiger partial charge on any atom is -0.444 e. The summed E-state index contributed by atoms with van der Waals surface area (Å²) in [5, 5.41) is 8.12. The Morgan fingerprint density at radius 3 is 2.34 bits per heavy atom. The van der Waals surface area contributed by atoms with Gasteiger partial charge in [-0.3, -0.25) is 14.8 Å². The number of amides is 4. The van der Waals surface area contributed by atoms with Crippen molar-refractivity contribution in [3.8, 4) is 0 Å². The first-order valence-electron chi connectivity index (χ1n) is 9.93. The smallest absolute Gasteiger partial charge is 0.407 e. The second kappa shape index (κ2) is 14.3. The summed E-state index contributed by atoms with van der Waals surface area (Å²) >= 11 is 2.87. The molecule has 2 aromatic heterocycles. The number of carbonyl (C=O) groups excluding carboxylic acids is 3. The van der Waals surface area contributed by atoms with Crippen molar-refractivity contribution in [2.75, 3.05) is 33.9 Å². The van der Waals surface area contributed by atoms with Gasteiger partial charge >= 0.3 is 12.1 Å². The Morgan fingerprint density at radius 2 is 1.72 bits per heavy atom. The van der Waals surface area contributed by atoms with E-state index >= 15 is 0 Å². The third-order valence-corrected chi connectivity index (χ3v) is 5.69. The van der Waals surface area contributed by atoms with Gasteiger partial charge in [0, 0.05) is 44.5 Å². The van der Waals surface area contributed by atoms with Crippen molar-refractivity contribution in [2.45, 2.75) is 32.0 Å². The lowest BCUT2D eigenvalue weighted by Crippen LogP contribution is -2.52. The number of nitrogens with one attached hydrogen (secondary N) is 3. The van der Waals surface area contributed by atoms with Crippen LogP contribution in [0, 0.1) is 0 Å². The van der Waals surface area contributed by atoms with Crippen LogP contribution in [0.4, 0.5) is 9.59 Å². The number of aromatic nitrogens is 2. The zero-order valence-electron chi connectivity index (χ0n) is 18.0. The fraction of sp³-hybridized carbons (Fsp3) is 0.526. The second-order valence-corrected chi connectivity index (χ2v) is 8.69. The van der Waals surface area contributed by atoms with Crippen molar-refractivity contribution in [3.63, 3.8) is 0 Å². The Labute approximate surface area is 194 Å². The maximum atomic E-state index is 12.4. The van der Waals surface area contributed by atoms with E-state index in [1.807, 2.05) is 0 Å². The lowest BCUT2D eigenvalue weighted by molar-refractivity contribution is -0.124. The first-order valence-corrected chi connectivity index (χ1v) is 11.7. The van der Waals surface area contributed by atoms with Gasteiger partial charge in [0.2, 0.25) is 5.91 Å². The van der Waals surface area contributed by atoms with Gasteiger partial charge in [0.25, 0.3) is 0 Å². The first kappa shape index (κ1) is 25.5. The minimum absolute atomic E-state index is 0.0547. The van der Waals surface area contributed by atoms with Crippen LogP contribution in [-0.4, -0.2) is 72.8 Å². The van der Waals surface area contributed by atoms with Crippen LogP contribution < -0.4 is 16.0 Å². The number of thiazole rings is 2. The van der Waals surface area contributed by atoms with Crippen molar-refractivity contribution in [2.24, 2.45) is 0 Å². The van der Waals surface area contributed by atoms with E-state index in [0.717, 1.165) is 9.75 Å². The lowest BCUT2D eigenvalue weighted by Gasteiger charge is -2.22. The summed E-state index contributed by atoms with van der Waals surface area (Å²) in [6.07, 6.45) is 4.17. The molecule has 13 heteroatoms. The van der Waals surface area contributed by atoms with Crippen LogP contribution in [-0.2, 0) is 27.4 Å². The van der Waals surface area contributed by atoms with Crippen LogP contribution >= 0.6 is 22.7 Å². The van der Waals surface area contributed by atoms with Crippen LogP contribution in [0.15, 0.2) is 23.4 Å². The molecule has 0 aliphatic carbocycles. The number of nitrogens with zero attached hydrogens (tertiary/aromatic N) is 3. The molecule has 0 bridgehead atoms. The third-order valence-electron chi connectivity index (χ3n) is 4.17. The van der Waals surface area contributed by atoms with Crippen molar-refractivity contribution in [1.82, 2.24) is 30.8 Å². The van der Waals surface area contributed by atoms with Gasteiger partial charge in [-0.1, -0.05) is 0 Å². The van der Waals surface area contributed by atoms with E-state index in [4.69, 9.17) is 9.47 Å². The molecule has 2 aromatic rings. The predicted octanol–water partition coefficient (Wildman–Crippen LogP) is 1.58. The summed E-state index contributed by atoms with van der Waals surface area (Å²) in [6.45, 7) is 1.48. The van der Waals surface area contributed by atoms with E-state index in [2.05, 4.69) is 25.9 Å². The van der Waals surface area contributed by atoms with Gasteiger partial charge in [-0.25, -0.2) is 9.59 Å². The number of rotatable bonds is 13. The third kappa shape index (κ3) is 9.58. The molecule has 0 saturated heterocycles. The minimum atomic E-state index is -0.809. The highest BCUT2D eigenvalue weighted by Gasteiger charge is 2.22. The average molecular weight is 485 g/mol. The van der Waals surface area contributed by atoms with Crippen molar-refractivity contribution < 1.29 is 23.9 Å². The maximum Gasteiger partial charge on any atom is 0.407 e. The molecule has 1 atom stereocenters. The molecule has 0 aliphatic heterocycles. The predicted molar refractivity (Wildman–Crippen MR) is 120 cm³/mol. The molecule has 0 spiro atoms. The number of carbonyl (C=O) groups is 3. The van der Waals surface area contributed by atoms with Gasteiger partial charge in [-0.15, -0.1) is 22.7 Å². The number of unbranched alkanes of at least 4 members (excludes halogenated alkanes) is 1. The maximum absolute atomic E-state index is 12.4. The first-order chi connectivity index (χ1) is 15.5. The molecule has 3 N–H and O–H groups in total.